The molecule has 1 unspecified atom stereocenters. The van der Waals surface area contributed by atoms with Crippen LogP contribution in [-0.2, 0) is 12.8 Å². The minimum atomic E-state index is -0.279. The SMILES string of the molecule is Cc1cccc(CCc2ccc(OC(=O)N3CCC(C(C)Sc4nn[nH]n4)CC3)cc2)n1. The molecule has 32 heavy (non-hydrogen) atoms. The summed E-state index contributed by atoms with van der Waals surface area (Å²) in [6.45, 7) is 5.58. The van der Waals surface area contributed by atoms with Crippen molar-refractivity contribution in [3.63, 3.8) is 0 Å². The largest absolute Gasteiger partial charge is 0.415 e. The summed E-state index contributed by atoms with van der Waals surface area (Å²) in [6, 6.07) is 13.9. The average Bonchev–Trinajstić information content (AvgIpc) is 3.32. The number of carbonyl (C=O) groups is 1. The highest BCUT2D eigenvalue weighted by atomic mass is 32.2. The molecular weight excluding hydrogens is 424 g/mol. The summed E-state index contributed by atoms with van der Waals surface area (Å²) in [7, 11) is 0. The molecule has 1 amide bonds. The summed E-state index contributed by atoms with van der Waals surface area (Å²) in [6.07, 6.45) is 3.39. The van der Waals surface area contributed by atoms with Gasteiger partial charge in [0.25, 0.3) is 0 Å². The number of pyridine rings is 1. The lowest BCUT2D eigenvalue weighted by molar-refractivity contribution is 0.131. The Labute approximate surface area is 192 Å². The number of carbonyl (C=O) groups excluding carboxylic acids is 1. The van der Waals surface area contributed by atoms with Gasteiger partial charge in [0.05, 0.1) is 0 Å². The maximum Gasteiger partial charge on any atom is 0.415 e. The molecule has 168 valence electrons. The van der Waals surface area contributed by atoms with Gasteiger partial charge in [-0.25, -0.2) is 4.79 Å². The third-order valence-electron chi connectivity index (χ3n) is 5.82. The number of aromatic nitrogens is 5. The number of tetrazole rings is 1. The first kappa shape index (κ1) is 22.3. The van der Waals surface area contributed by atoms with Gasteiger partial charge in [-0.2, -0.15) is 5.21 Å². The number of H-pyrrole nitrogens is 1. The number of nitrogens with one attached hydrogen (secondary N) is 1. The molecule has 0 radical (unpaired) electrons. The molecule has 1 N–H and O–H groups in total. The number of benzene rings is 1. The van der Waals surface area contributed by atoms with Gasteiger partial charge in [-0.3, -0.25) is 4.98 Å². The molecule has 0 saturated carbocycles. The molecule has 1 atom stereocenters. The summed E-state index contributed by atoms with van der Waals surface area (Å²) < 4.78 is 5.61. The van der Waals surface area contributed by atoms with E-state index in [1.165, 1.54) is 5.56 Å². The van der Waals surface area contributed by atoms with Crippen LogP contribution in [0.2, 0.25) is 0 Å². The first-order valence-electron chi connectivity index (χ1n) is 10.9. The van der Waals surface area contributed by atoms with Gasteiger partial charge in [0.1, 0.15) is 5.75 Å². The highest BCUT2D eigenvalue weighted by Crippen LogP contribution is 2.31. The number of hydrogen-bond donors (Lipinski definition) is 1. The van der Waals surface area contributed by atoms with Crippen LogP contribution in [0, 0.1) is 12.8 Å². The lowest BCUT2D eigenvalue weighted by Gasteiger charge is -2.33. The van der Waals surface area contributed by atoms with Crippen molar-refractivity contribution in [3.05, 3.63) is 59.4 Å². The van der Waals surface area contributed by atoms with Gasteiger partial charge in [-0.15, -0.1) is 10.2 Å². The molecule has 8 nitrogen and oxygen atoms in total. The number of ether oxygens (including phenoxy) is 1. The van der Waals surface area contributed by atoms with E-state index in [1.807, 2.05) is 43.3 Å². The summed E-state index contributed by atoms with van der Waals surface area (Å²) in [5.41, 5.74) is 3.32. The van der Waals surface area contributed by atoms with Gasteiger partial charge >= 0.3 is 6.09 Å². The molecule has 0 bridgehead atoms. The Kier molecular flexibility index (Phi) is 7.36. The summed E-state index contributed by atoms with van der Waals surface area (Å²) >= 11 is 1.62. The third kappa shape index (κ3) is 6.06. The number of rotatable bonds is 7. The van der Waals surface area contributed by atoms with Gasteiger partial charge in [-0.1, -0.05) is 36.9 Å². The molecule has 3 heterocycles. The van der Waals surface area contributed by atoms with E-state index in [9.17, 15) is 4.79 Å². The number of amides is 1. The second-order valence-corrected chi connectivity index (χ2v) is 9.47. The molecule has 1 fully saturated rings. The van der Waals surface area contributed by atoms with Crippen molar-refractivity contribution in [1.82, 2.24) is 30.5 Å². The molecule has 1 saturated heterocycles. The van der Waals surface area contributed by atoms with Gasteiger partial charge < -0.3 is 9.64 Å². The molecule has 0 aliphatic carbocycles. The quantitative estimate of drug-likeness (QED) is 0.540. The van der Waals surface area contributed by atoms with Crippen molar-refractivity contribution < 1.29 is 9.53 Å². The Morgan fingerprint density at radius 2 is 1.97 bits per heavy atom. The Bertz CT molecular complexity index is 1000. The van der Waals surface area contributed by atoms with Crippen molar-refractivity contribution in [2.75, 3.05) is 13.1 Å². The number of likely N-dealkylation sites (tertiary alicyclic amines) is 1. The second kappa shape index (κ2) is 10.6. The molecular formula is C23H28N6O2S. The van der Waals surface area contributed by atoms with E-state index in [-0.39, 0.29) is 6.09 Å². The molecule has 9 heteroatoms. The third-order valence-corrected chi connectivity index (χ3v) is 6.96. The van der Waals surface area contributed by atoms with Crippen LogP contribution in [0.5, 0.6) is 5.75 Å². The number of thioether (sulfide) groups is 1. The number of piperidine rings is 1. The summed E-state index contributed by atoms with van der Waals surface area (Å²) in [4.78, 5) is 18.9. The fourth-order valence-corrected chi connectivity index (χ4v) is 4.90. The molecule has 1 aliphatic heterocycles. The first-order valence-corrected chi connectivity index (χ1v) is 11.8. The van der Waals surface area contributed by atoms with Crippen molar-refractivity contribution in [3.8, 4) is 5.75 Å². The van der Waals surface area contributed by atoms with Gasteiger partial charge in [0.15, 0.2) is 0 Å². The minimum absolute atomic E-state index is 0.279. The number of nitrogens with zero attached hydrogens (tertiary/aromatic N) is 5. The fourth-order valence-electron chi connectivity index (χ4n) is 3.92. The van der Waals surface area contributed by atoms with E-state index in [0.29, 0.717) is 35.2 Å². The van der Waals surface area contributed by atoms with Gasteiger partial charge in [0.2, 0.25) is 5.16 Å². The van der Waals surface area contributed by atoms with Gasteiger partial charge in [-0.05, 0) is 73.6 Å². The van der Waals surface area contributed by atoms with E-state index in [4.69, 9.17) is 4.74 Å². The van der Waals surface area contributed by atoms with Crippen LogP contribution in [0.4, 0.5) is 4.79 Å². The maximum atomic E-state index is 12.6. The monoisotopic (exact) mass is 452 g/mol. The standard InChI is InChI=1S/C23H28N6O2S/c1-16-4-3-5-20(24-16)9-6-18-7-10-21(11-8-18)31-23(30)29-14-12-19(13-15-29)17(2)32-22-25-27-28-26-22/h3-5,7-8,10-11,17,19H,6,9,12-15H2,1-2H3,(H,25,26,27,28). The van der Waals surface area contributed by atoms with E-state index in [1.54, 1.807) is 16.7 Å². The molecule has 4 rings (SSSR count). The van der Waals surface area contributed by atoms with Crippen molar-refractivity contribution in [2.24, 2.45) is 5.92 Å². The van der Waals surface area contributed by atoms with Crippen molar-refractivity contribution >= 4 is 17.9 Å². The Morgan fingerprint density at radius 3 is 2.66 bits per heavy atom. The number of hydrogen-bond acceptors (Lipinski definition) is 7. The maximum absolute atomic E-state index is 12.6. The Morgan fingerprint density at radius 1 is 1.19 bits per heavy atom. The van der Waals surface area contributed by atoms with Gasteiger partial charge in [0, 0.05) is 29.7 Å². The predicted molar refractivity (Wildman–Crippen MR) is 123 cm³/mol. The normalized spacial score (nSPS) is 15.5. The van der Waals surface area contributed by atoms with Crippen LogP contribution in [0.25, 0.3) is 0 Å². The highest BCUT2D eigenvalue weighted by molar-refractivity contribution is 7.99. The van der Waals surface area contributed by atoms with E-state index < -0.39 is 0 Å². The lowest BCUT2D eigenvalue weighted by atomic mass is 9.94. The van der Waals surface area contributed by atoms with E-state index in [2.05, 4.69) is 38.6 Å². The fraction of sp³-hybridized carbons (Fsp3) is 0.435. The smallest absolute Gasteiger partial charge is 0.410 e. The summed E-state index contributed by atoms with van der Waals surface area (Å²) in [5.74, 6) is 1.08. The number of aromatic amines is 1. The predicted octanol–water partition coefficient (Wildman–Crippen LogP) is 4.08. The molecule has 1 aliphatic rings. The van der Waals surface area contributed by atoms with Crippen LogP contribution in [-0.4, -0.2) is 54.9 Å². The zero-order valence-corrected chi connectivity index (χ0v) is 19.2. The van der Waals surface area contributed by atoms with Crippen LogP contribution in [0.15, 0.2) is 47.6 Å². The van der Waals surface area contributed by atoms with Crippen LogP contribution in [0.1, 0.15) is 36.7 Å². The molecule has 1 aromatic carbocycles. The van der Waals surface area contributed by atoms with E-state index in [0.717, 1.165) is 37.1 Å². The van der Waals surface area contributed by atoms with Crippen LogP contribution >= 0.6 is 11.8 Å². The molecule has 0 spiro atoms. The Balaban J connectivity index is 1.22. The van der Waals surface area contributed by atoms with Crippen molar-refractivity contribution in [1.29, 1.82) is 0 Å². The Hall–Kier alpha value is -2.94. The number of aryl methyl sites for hydroxylation is 3. The zero-order valence-electron chi connectivity index (χ0n) is 18.4. The molecule has 2 aromatic heterocycles. The first-order chi connectivity index (χ1) is 15.6. The lowest BCUT2D eigenvalue weighted by Crippen LogP contribution is -2.41. The topological polar surface area (TPSA) is 96.9 Å². The minimum Gasteiger partial charge on any atom is -0.410 e. The highest BCUT2D eigenvalue weighted by Gasteiger charge is 2.28. The summed E-state index contributed by atoms with van der Waals surface area (Å²) in [5, 5.41) is 15.1. The van der Waals surface area contributed by atoms with Crippen LogP contribution < -0.4 is 4.74 Å². The second-order valence-electron chi connectivity index (χ2n) is 8.12. The zero-order chi connectivity index (χ0) is 22.3. The van der Waals surface area contributed by atoms with E-state index >= 15 is 0 Å². The van der Waals surface area contributed by atoms with Crippen molar-refractivity contribution in [2.45, 2.75) is 49.9 Å². The molecule has 3 aromatic rings. The van der Waals surface area contributed by atoms with Crippen LogP contribution in [0.3, 0.4) is 0 Å². The average molecular weight is 453 g/mol.